The van der Waals surface area contributed by atoms with Gasteiger partial charge in [-0.25, -0.2) is 17.5 Å². The Morgan fingerprint density at radius 1 is 1.09 bits per heavy atom. The first-order chi connectivity index (χ1) is 15.8. The van der Waals surface area contributed by atoms with Crippen LogP contribution in [0.4, 0.5) is 4.39 Å². The van der Waals surface area contributed by atoms with Gasteiger partial charge in [-0.05, 0) is 73.9 Å². The van der Waals surface area contributed by atoms with Crippen LogP contribution in [0.2, 0.25) is 0 Å². The van der Waals surface area contributed by atoms with Crippen LogP contribution in [-0.2, 0) is 22.9 Å². The molecular formula is C25H28FN3O3S. The number of benzene rings is 2. The molecule has 1 atom stereocenters. The molecule has 0 spiro atoms. The van der Waals surface area contributed by atoms with Crippen LogP contribution in [0.3, 0.4) is 0 Å². The number of carbonyl (C=O) groups is 1. The number of aryl methyl sites for hydroxylation is 1. The number of hydrogen-bond acceptors (Lipinski definition) is 3. The lowest BCUT2D eigenvalue weighted by Crippen LogP contribution is -2.46. The standard InChI is InChI=1S/C25H28FN3O3S/c1-16-5-10-23-22(15-16)20-3-2-4-21(24(20)27-23)25(30)29-13-11-18(12-14-29)28-33(31,32)19-8-6-17(26)7-9-19/h2-4,6-9,16,18,27-28H,5,10-15H2,1H3. The van der Waals surface area contributed by atoms with E-state index in [1.54, 1.807) is 4.90 Å². The molecule has 0 radical (unpaired) electrons. The van der Waals surface area contributed by atoms with Gasteiger partial charge in [-0.1, -0.05) is 19.1 Å². The van der Waals surface area contributed by atoms with Gasteiger partial charge in [0.25, 0.3) is 5.91 Å². The summed E-state index contributed by atoms with van der Waals surface area (Å²) in [5, 5.41) is 1.14. The highest BCUT2D eigenvalue weighted by Crippen LogP contribution is 2.33. The number of aromatic amines is 1. The molecule has 1 aromatic heterocycles. The van der Waals surface area contributed by atoms with Crippen molar-refractivity contribution in [3.63, 3.8) is 0 Å². The molecule has 0 saturated carbocycles. The number of likely N-dealkylation sites (tertiary alicyclic amines) is 1. The van der Waals surface area contributed by atoms with Gasteiger partial charge >= 0.3 is 0 Å². The Labute approximate surface area is 193 Å². The number of amides is 1. The molecule has 1 unspecified atom stereocenters. The molecule has 3 aromatic rings. The Bertz CT molecular complexity index is 1290. The minimum Gasteiger partial charge on any atom is -0.358 e. The van der Waals surface area contributed by atoms with E-state index in [0.717, 1.165) is 42.3 Å². The Morgan fingerprint density at radius 3 is 2.55 bits per heavy atom. The number of nitrogens with zero attached hydrogens (tertiary/aromatic N) is 1. The van der Waals surface area contributed by atoms with Crippen molar-refractivity contribution in [2.24, 2.45) is 5.92 Å². The van der Waals surface area contributed by atoms with Gasteiger partial charge < -0.3 is 9.88 Å². The van der Waals surface area contributed by atoms with E-state index >= 15 is 0 Å². The lowest BCUT2D eigenvalue weighted by molar-refractivity contribution is 0.0713. The van der Waals surface area contributed by atoms with Gasteiger partial charge in [0, 0.05) is 30.2 Å². The number of sulfonamides is 1. The Kier molecular flexibility index (Phi) is 5.74. The second-order valence-electron chi connectivity index (χ2n) is 9.30. The Hall–Kier alpha value is -2.71. The van der Waals surface area contributed by atoms with Gasteiger partial charge in [-0.3, -0.25) is 4.79 Å². The summed E-state index contributed by atoms with van der Waals surface area (Å²) in [6.07, 6.45) is 4.26. The largest absolute Gasteiger partial charge is 0.358 e. The number of fused-ring (bicyclic) bond motifs is 3. The first-order valence-corrected chi connectivity index (χ1v) is 13.0. The van der Waals surface area contributed by atoms with Crippen LogP contribution in [0.1, 0.15) is 47.8 Å². The quantitative estimate of drug-likeness (QED) is 0.606. The van der Waals surface area contributed by atoms with E-state index in [0.29, 0.717) is 37.4 Å². The summed E-state index contributed by atoms with van der Waals surface area (Å²) in [5.41, 5.74) is 4.19. The minimum atomic E-state index is -3.73. The van der Waals surface area contributed by atoms with Crippen LogP contribution in [0.25, 0.3) is 10.9 Å². The fraction of sp³-hybridized carbons (Fsp3) is 0.400. The molecule has 2 aromatic carbocycles. The van der Waals surface area contributed by atoms with Crippen molar-refractivity contribution in [2.75, 3.05) is 13.1 Å². The smallest absolute Gasteiger partial charge is 0.255 e. The maximum atomic E-state index is 13.4. The molecule has 8 heteroatoms. The number of carbonyl (C=O) groups excluding carboxylic acids is 1. The van der Waals surface area contributed by atoms with E-state index in [9.17, 15) is 17.6 Å². The highest BCUT2D eigenvalue weighted by molar-refractivity contribution is 7.89. The Balaban J connectivity index is 1.28. The zero-order chi connectivity index (χ0) is 23.2. The number of H-pyrrole nitrogens is 1. The SMILES string of the molecule is CC1CCc2[nH]c3c(C(=O)N4CCC(NS(=O)(=O)c5ccc(F)cc5)CC4)cccc3c2C1. The second kappa shape index (κ2) is 8.57. The summed E-state index contributed by atoms with van der Waals surface area (Å²) in [7, 11) is -3.73. The van der Waals surface area contributed by atoms with Gasteiger partial charge in [0.2, 0.25) is 10.0 Å². The van der Waals surface area contributed by atoms with Crippen LogP contribution in [0, 0.1) is 11.7 Å². The molecule has 33 heavy (non-hydrogen) atoms. The van der Waals surface area contributed by atoms with Gasteiger partial charge in [0.15, 0.2) is 0 Å². The molecule has 174 valence electrons. The topological polar surface area (TPSA) is 82.3 Å². The molecular weight excluding hydrogens is 441 g/mol. The molecule has 1 amide bonds. The zero-order valence-corrected chi connectivity index (χ0v) is 19.4. The molecule has 2 N–H and O–H groups in total. The average Bonchev–Trinajstić information content (AvgIpc) is 3.17. The minimum absolute atomic E-state index is 0.0212. The van der Waals surface area contributed by atoms with E-state index in [1.807, 2.05) is 12.1 Å². The van der Waals surface area contributed by atoms with E-state index in [1.165, 1.54) is 23.4 Å². The lowest BCUT2D eigenvalue weighted by atomic mass is 9.87. The predicted molar refractivity (Wildman–Crippen MR) is 125 cm³/mol. The third-order valence-corrected chi connectivity index (χ3v) is 8.46. The maximum Gasteiger partial charge on any atom is 0.255 e. The summed E-state index contributed by atoms with van der Waals surface area (Å²) < 4.78 is 41.0. The fourth-order valence-electron chi connectivity index (χ4n) is 5.07. The van der Waals surface area contributed by atoms with Crippen molar-refractivity contribution in [3.8, 4) is 0 Å². The summed E-state index contributed by atoms with van der Waals surface area (Å²) in [6, 6.07) is 10.4. The summed E-state index contributed by atoms with van der Waals surface area (Å²) in [5.74, 6) is 0.147. The van der Waals surface area contributed by atoms with Crippen molar-refractivity contribution in [1.82, 2.24) is 14.6 Å². The van der Waals surface area contributed by atoms with Crippen molar-refractivity contribution in [2.45, 2.75) is 50.0 Å². The van der Waals surface area contributed by atoms with E-state index in [2.05, 4.69) is 22.7 Å². The summed E-state index contributed by atoms with van der Waals surface area (Å²) in [6.45, 7) is 3.22. The lowest BCUT2D eigenvalue weighted by Gasteiger charge is -2.32. The molecule has 2 aliphatic rings. The predicted octanol–water partition coefficient (Wildman–Crippen LogP) is 4.01. The molecule has 0 bridgehead atoms. The van der Waals surface area contributed by atoms with Gasteiger partial charge in [-0.15, -0.1) is 0 Å². The monoisotopic (exact) mass is 469 g/mol. The summed E-state index contributed by atoms with van der Waals surface area (Å²) in [4.78, 5) is 18.7. The molecule has 6 nitrogen and oxygen atoms in total. The van der Waals surface area contributed by atoms with Crippen LogP contribution >= 0.6 is 0 Å². The van der Waals surface area contributed by atoms with Crippen molar-refractivity contribution in [3.05, 3.63) is 65.1 Å². The number of rotatable bonds is 4. The van der Waals surface area contributed by atoms with Gasteiger partial charge in [0.05, 0.1) is 16.0 Å². The van der Waals surface area contributed by atoms with E-state index < -0.39 is 15.8 Å². The number of hydrogen-bond donors (Lipinski definition) is 2. The van der Waals surface area contributed by atoms with Gasteiger partial charge in [-0.2, -0.15) is 0 Å². The Morgan fingerprint density at radius 2 is 1.82 bits per heavy atom. The first-order valence-electron chi connectivity index (χ1n) is 11.5. The first kappa shape index (κ1) is 22.1. The van der Waals surface area contributed by atoms with E-state index in [4.69, 9.17) is 0 Å². The number of nitrogens with one attached hydrogen (secondary N) is 2. The van der Waals surface area contributed by atoms with Crippen LogP contribution in [-0.4, -0.2) is 43.3 Å². The maximum absolute atomic E-state index is 13.4. The summed E-state index contributed by atoms with van der Waals surface area (Å²) >= 11 is 0. The zero-order valence-electron chi connectivity index (χ0n) is 18.6. The molecule has 1 aliphatic heterocycles. The number of piperidine rings is 1. The number of para-hydroxylation sites is 1. The third-order valence-electron chi connectivity index (χ3n) is 6.93. The van der Waals surface area contributed by atoms with E-state index in [-0.39, 0.29) is 16.8 Å². The molecule has 1 fully saturated rings. The molecule has 5 rings (SSSR count). The average molecular weight is 470 g/mol. The molecule has 2 heterocycles. The highest BCUT2D eigenvalue weighted by Gasteiger charge is 2.29. The van der Waals surface area contributed by atoms with Crippen LogP contribution < -0.4 is 4.72 Å². The van der Waals surface area contributed by atoms with Gasteiger partial charge in [0.1, 0.15) is 5.82 Å². The van der Waals surface area contributed by atoms with Crippen molar-refractivity contribution >= 4 is 26.8 Å². The van der Waals surface area contributed by atoms with Crippen molar-refractivity contribution in [1.29, 1.82) is 0 Å². The highest BCUT2D eigenvalue weighted by atomic mass is 32.2. The number of halogens is 1. The van der Waals surface area contributed by atoms with Crippen LogP contribution in [0.5, 0.6) is 0 Å². The fourth-order valence-corrected chi connectivity index (χ4v) is 6.37. The van der Waals surface area contributed by atoms with Crippen LogP contribution in [0.15, 0.2) is 47.4 Å². The molecule has 1 saturated heterocycles. The molecule has 1 aliphatic carbocycles. The third kappa shape index (κ3) is 4.29. The second-order valence-corrected chi connectivity index (χ2v) is 11.0. The van der Waals surface area contributed by atoms with Crippen molar-refractivity contribution < 1.29 is 17.6 Å². The normalized spacial score (nSPS) is 19.6. The number of aromatic nitrogens is 1.